The largest absolute Gasteiger partial charge is 0.481 e. The molecule has 2 aromatic carbocycles. The molecule has 0 unspecified atom stereocenters. The molecule has 1 saturated carbocycles. The Morgan fingerprint density at radius 3 is 2.59 bits per heavy atom. The summed E-state index contributed by atoms with van der Waals surface area (Å²) in [6.45, 7) is 7.57. The fourth-order valence-corrected chi connectivity index (χ4v) is 6.04. The number of ether oxygens (including phenoxy) is 2. The van der Waals surface area contributed by atoms with Gasteiger partial charge in [0.15, 0.2) is 0 Å². The van der Waals surface area contributed by atoms with Crippen LogP contribution in [0.15, 0.2) is 54.7 Å². The van der Waals surface area contributed by atoms with E-state index < -0.39 is 23.7 Å². The predicted octanol–water partition coefficient (Wildman–Crippen LogP) is 6.70. The Labute approximate surface area is 240 Å². The van der Waals surface area contributed by atoms with Crippen molar-refractivity contribution in [1.29, 1.82) is 0 Å². The molecule has 1 N–H and O–H groups in total. The van der Waals surface area contributed by atoms with Crippen LogP contribution in [0.4, 0.5) is 4.39 Å². The van der Waals surface area contributed by atoms with Gasteiger partial charge in [-0.05, 0) is 98.9 Å². The molecular weight excluding hydrogens is 523 g/mol. The summed E-state index contributed by atoms with van der Waals surface area (Å²) in [5, 5.41) is 9.64. The molecule has 1 aliphatic carbocycles. The van der Waals surface area contributed by atoms with E-state index in [2.05, 4.69) is 23.7 Å². The molecule has 8 heteroatoms. The molecule has 2 heterocycles. The Kier molecular flexibility index (Phi) is 8.13. The highest BCUT2D eigenvalue weighted by Gasteiger charge is 2.39. The minimum Gasteiger partial charge on any atom is -0.481 e. The van der Waals surface area contributed by atoms with Crippen LogP contribution < -0.4 is 9.47 Å². The number of esters is 1. The second kappa shape index (κ2) is 11.6. The van der Waals surface area contributed by atoms with Crippen molar-refractivity contribution in [2.24, 2.45) is 11.8 Å². The van der Waals surface area contributed by atoms with Crippen LogP contribution in [-0.2, 0) is 11.3 Å². The van der Waals surface area contributed by atoms with Crippen molar-refractivity contribution in [2.45, 2.75) is 64.5 Å². The predicted molar refractivity (Wildman–Crippen MR) is 154 cm³/mol. The van der Waals surface area contributed by atoms with Gasteiger partial charge in [-0.25, -0.2) is 14.2 Å². The number of hydrogen-bond acceptors (Lipinski definition) is 6. The monoisotopic (exact) mass is 560 g/mol. The number of carboxylic acid groups (broad SMARTS) is 1. The van der Waals surface area contributed by atoms with E-state index in [-0.39, 0.29) is 11.5 Å². The summed E-state index contributed by atoms with van der Waals surface area (Å²) >= 11 is 0. The molecule has 7 nitrogen and oxygen atoms in total. The number of rotatable bonds is 10. The van der Waals surface area contributed by atoms with Crippen LogP contribution in [0, 0.1) is 17.7 Å². The first-order chi connectivity index (χ1) is 19.6. The van der Waals surface area contributed by atoms with Crippen molar-refractivity contribution < 1.29 is 28.6 Å². The van der Waals surface area contributed by atoms with E-state index in [1.807, 2.05) is 6.07 Å². The molecule has 1 saturated heterocycles. The summed E-state index contributed by atoms with van der Waals surface area (Å²) in [5.74, 6) is -1.51. The van der Waals surface area contributed by atoms with Crippen molar-refractivity contribution >= 4 is 11.9 Å². The molecular formula is C33H37FN2O5. The van der Waals surface area contributed by atoms with Crippen LogP contribution in [0.5, 0.6) is 11.6 Å². The lowest BCUT2D eigenvalue weighted by Gasteiger charge is -2.32. The van der Waals surface area contributed by atoms with Gasteiger partial charge in [-0.3, -0.25) is 9.69 Å². The van der Waals surface area contributed by atoms with E-state index in [4.69, 9.17) is 9.47 Å². The molecule has 2 fully saturated rings. The van der Waals surface area contributed by atoms with E-state index in [1.54, 1.807) is 49.4 Å². The number of halogens is 1. The number of carboxylic acids is 1. The molecule has 0 radical (unpaired) electrons. The maximum Gasteiger partial charge on any atom is 0.343 e. The van der Waals surface area contributed by atoms with Gasteiger partial charge in [0.25, 0.3) is 0 Å². The lowest BCUT2D eigenvalue weighted by Crippen LogP contribution is -2.37. The van der Waals surface area contributed by atoms with Gasteiger partial charge in [-0.2, -0.15) is 0 Å². The quantitative estimate of drug-likeness (QED) is 0.218. The highest BCUT2D eigenvalue weighted by atomic mass is 19.1. The van der Waals surface area contributed by atoms with E-state index in [1.165, 1.54) is 7.11 Å². The van der Waals surface area contributed by atoms with Crippen LogP contribution in [0.1, 0.15) is 73.9 Å². The maximum absolute atomic E-state index is 15.0. The highest BCUT2D eigenvalue weighted by molar-refractivity contribution is 5.92. The minimum atomic E-state index is -0.832. The Bertz CT molecular complexity index is 1450. The van der Waals surface area contributed by atoms with Gasteiger partial charge in [-0.1, -0.05) is 25.1 Å². The van der Waals surface area contributed by atoms with Gasteiger partial charge in [-0.15, -0.1) is 0 Å². The Morgan fingerprint density at radius 2 is 1.93 bits per heavy atom. The summed E-state index contributed by atoms with van der Waals surface area (Å²) in [7, 11) is 1.49. The fourth-order valence-electron chi connectivity index (χ4n) is 6.04. The normalized spacial score (nSPS) is 18.1. The van der Waals surface area contributed by atoms with Gasteiger partial charge in [0, 0.05) is 23.7 Å². The first-order valence-electron chi connectivity index (χ1n) is 14.2. The van der Waals surface area contributed by atoms with E-state index in [0.717, 1.165) is 49.6 Å². The number of aliphatic carboxylic acids is 1. The number of nitrogens with zero attached hydrogens (tertiary/aromatic N) is 2. The number of benzene rings is 2. The Balaban J connectivity index is 1.45. The van der Waals surface area contributed by atoms with Crippen molar-refractivity contribution in [3.63, 3.8) is 0 Å². The summed E-state index contributed by atoms with van der Waals surface area (Å²) in [5.41, 5.74) is 3.02. The SMILES string of the molecule is COc1cc(-c2ccc(C(=O)Oc3cccc([C@H](C4CC4)[C@H](C)C(=O)O)c3)cc2CN2CCCC2(C)C)c(F)cn1. The molecule has 0 spiro atoms. The summed E-state index contributed by atoms with van der Waals surface area (Å²) < 4.78 is 26.0. The molecule has 0 amide bonds. The van der Waals surface area contributed by atoms with Crippen LogP contribution >= 0.6 is 0 Å². The number of pyridine rings is 1. The average Bonchev–Trinajstić information content (AvgIpc) is 3.72. The summed E-state index contributed by atoms with van der Waals surface area (Å²) in [4.78, 5) is 31.5. The maximum atomic E-state index is 15.0. The highest BCUT2D eigenvalue weighted by Crippen LogP contribution is 2.47. The zero-order chi connectivity index (χ0) is 29.3. The number of aromatic nitrogens is 1. The topological polar surface area (TPSA) is 89.0 Å². The molecule has 0 bridgehead atoms. The van der Waals surface area contributed by atoms with Gasteiger partial charge >= 0.3 is 11.9 Å². The van der Waals surface area contributed by atoms with Crippen LogP contribution in [-0.4, -0.2) is 46.1 Å². The lowest BCUT2D eigenvalue weighted by atomic mass is 9.83. The first kappa shape index (κ1) is 28.7. The fraction of sp³-hybridized carbons (Fsp3) is 0.424. The molecule has 2 atom stereocenters. The number of carbonyl (C=O) groups excluding carboxylic acids is 1. The molecule has 41 heavy (non-hydrogen) atoms. The van der Waals surface area contributed by atoms with Crippen LogP contribution in [0.25, 0.3) is 11.1 Å². The van der Waals surface area contributed by atoms with Crippen molar-refractivity contribution in [3.05, 3.63) is 77.2 Å². The standard InChI is InChI=1S/C33H37FN2O5/c1-20(31(37)38)30(21-9-10-21)22-7-5-8-25(16-22)41-32(39)23-11-12-26(27-17-29(40-4)35-18-28(27)34)24(15-23)19-36-14-6-13-33(36,2)3/h5,7-8,11-12,15-18,20-21,30H,6,9-10,13-14,19H2,1-4H3,(H,37,38)/t20-,30-/m0/s1. The molecule has 2 aliphatic rings. The van der Waals surface area contributed by atoms with Gasteiger partial charge in [0.05, 0.1) is 24.8 Å². The zero-order valence-corrected chi connectivity index (χ0v) is 24.0. The van der Waals surface area contributed by atoms with Crippen LogP contribution in [0.2, 0.25) is 0 Å². The van der Waals surface area contributed by atoms with Crippen LogP contribution in [0.3, 0.4) is 0 Å². The van der Waals surface area contributed by atoms with Gasteiger partial charge < -0.3 is 14.6 Å². The van der Waals surface area contributed by atoms with Crippen molar-refractivity contribution in [2.75, 3.05) is 13.7 Å². The first-order valence-corrected chi connectivity index (χ1v) is 14.2. The third kappa shape index (κ3) is 6.27. The molecule has 216 valence electrons. The average molecular weight is 561 g/mol. The van der Waals surface area contributed by atoms with E-state index >= 15 is 0 Å². The summed E-state index contributed by atoms with van der Waals surface area (Å²) in [6.07, 6.45) is 5.27. The Morgan fingerprint density at radius 1 is 1.15 bits per heavy atom. The van der Waals surface area contributed by atoms with E-state index in [0.29, 0.717) is 40.8 Å². The minimum absolute atomic E-state index is 0.0200. The van der Waals surface area contributed by atoms with Crippen molar-refractivity contribution in [1.82, 2.24) is 9.88 Å². The third-order valence-electron chi connectivity index (χ3n) is 8.62. The number of likely N-dealkylation sites (tertiary alicyclic amines) is 1. The molecule has 5 rings (SSSR count). The molecule has 1 aromatic heterocycles. The number of hydrogen-bond donors (Lipinski definition) is 1. The summed E-state index contributed by atoms with van der Waals surface area (Å²) in [6, 6.07) is 13.9. The second-order valence-corrected chi connectivity index (χ2v) is 11.9. The second-order valence-electron chi connectivity index (χ2n) is 11.9. The van der Waals surface area contributed by atoms with E-state index in [9.17, 15) is 19.1 Å². The Hall–Kier alpha value is -3.78. The van der Waals surface area contributed by atoms with Gasteiger partial charge in [0.2, 0.25) is 5.88 Å². The molecule has 3 aromatic rings. The van der Waals surface area contributed by atoms with Crippen molar-refractivity contribution in [3.8, 4) is 22.8 Å². The molecule has 1 aliphatic heterocycles. The number of methoxy groups -OCH3 is 1. The van der Waals surface area contributed by atoms with Gasteiger partial charge in [0.1, 0.15) is 11.6 Å². The zero-order valence-electron chi connectivity index (χ0n) is 24.0. The lowest BCUT2D eigenvalue weighted by molar-refractivity contribution is -0.142. The smallest absolute Gasteiger partial charge is 0.343 e. The number of carbonyl (C=O) groups is 2. The third-order valence-corrected chi connectivity index (χ3v) is 8.62.